The second kappa shape index (κ2) is 7.97. The number of rotatable bonds is 5. The van der Waals surface area contributed by atoms with Gasteiger partial charge in [0.05, 0.1) is 19.1 Å². The molecule has 6 nitrogen and oxygen atoms in total. The van der Waals surface area contributed by atoms with Crippen molar-refractivity contribution in [2.45, 2.75) is 50.8 Å². The number of morpholine rings is 1. The SMILES string of the molecule is COC(=O)C12CC3CC(C1)C(NC(=O)[C@@H]1CN(Cc4ccccc4)CCO1)C(C3)C2. The van der Waals surface area contributed by atoms with Crippen molar-refractivity contribution in [3.63, 3.8) is 0 Å². The number of nitrogens with zero attached hydrogens (tertiary/aromatic N) is 1. The van der Waals surface area contributed by atoms with E-state index < -0.39 is 6.10 Å². The molecule has 4 saturated carbocycles. The molecule has 1 aliphatic heterocycles. The third-order valence-electron chi connectivity index (χ3n) is 7.89. The lowest BCUT2D eigenvalue weighted by atomic mass is 9.48. The minimum absolute atomic E-state index is 0.0114. The first-order valence-corrected chi connectivity index (χ1v) is 11.3. The van der Waals surface area contributed by atoms with Gasteiger partial charge in [0.2, 0.25) is 0 Å². The molecule has 162 valence electrons. The van der Waals surface area contributed by atoms with Crippen LogP contribution in [0.3, 0.4) is 0 Å². The van der Waals surface area contributed by atoms with Crippen LogP contribution >= 0.6 is 0 Å². The van der Waals surface area contributed by atoms with Crippen LogP contribution in [0.2, 0.25) is 0 Å². The maximum atomic E-state index is 13.1. The molecular formula is C24H32N2O4. The lowest BCUT2D eigenvalue weighted by molar-refractivity contribution is -0.172. The molecule has 0 aromatic heterocycles. The van der Waals surface area contributed by atoms with E-state index in [4.69, 9.17) is 9.47 Å². The van der Waals surface area contributed by atoms with Gasteiger partial charge in [-0.2, -0.15) is 0 Å². The molecule has 1 N–H and O–H groups in total. The largest absolute Gasteiger partial charge is 0.469 e. The van der Waals surface area contributed by atoms with E-state index in [1.165, 1.54) is 12.7 Å². The molecule has 3 atom stereocenters. The standard InChI is InChI=1S/C24H32N2O4/c1-29-23(28)24-11-17-9-18(12-24)21(19(10-17)13-24)25-22(27)20-15-26(7-8-30-20)14-16-5-3-2-4-6-16/h2-6,17-21H,7-15H2,1H3,(H,25,27)/t17?,18?,19?,20-,21?,24?/m0/s1. The van der Waals surface area contributed by atoms with E-state index in [2.05, 4.69) is 22.3 Å². The van der Waals surface area contributed by atoms with Gasteiger partial charge >= 0.3 is 5.97 Å². The quantitative estimate of drug-likeness (QED) is 0.752. The minimum Gasteiger partial charge on any atom is -0.469 e. The Bertz CT molecular complexity index is 782. The summed E-state index contributed by atoms with van der Waals surface area (Å²) in [5.41, 5.74) is 0.952. The Morgan fingerprint density at radius 3 is 2.60 bits per heavy atom. The number of nitrogens with one attached hydrogen (secondary N) is 1. The van der Waals surface area contributed by atoms with Crippen molar-refractivity contribution in [1.29, 1.82) is 0 Å². The molecule has 5 aliphatic rings. The zero-order valence-electron chi connectivity index (χ0n) is 17.7. The van der Waals surface area contributed by atoms with Gasteiger partial charge in [0.1, 0.15) is 6.10 Å². The fourth-order valence-corrected chi connectivity index (χ4v) is 6.83. The van der Waals surface area contributed by atoms with Crippen LogP contribution in [-0.4, -0.2) is 55.7 Å². The van der Waals surface area contributed by atoms with Gasteiger partial charge in [-0.05, 0) is 55.4 Å². The molecule has 5 fully saturated rings. The third kappa shape index (κ3) is 3.65. The molecule has 1 saturated heterocycles. The maximum Gasteiger partial charge on any atom is 0.311 e. The average molecular weight is 413 g/mol. The Labute approximate surface area is 178 Å². The van der Waals surface area contributed by atoms with Crippen molar-refractivity contribution >= 4 is 11.9 Å². The number of methoxy groups -OCH3 is 1. The lowest BCUT2D eigenvalue weighted by Crippen LogP contribution is -2.63. The van der Waals surface area contributed by atoms with E-state index in [1.807, 2.05) is 18.2 Å². The number of carbonyl (C=O) groups excluding carboxylic acids is 2. The fraction of sp³-hybridized carbons (Fsp3) is 0.667. The fourth-order valence-electron chi connectivity index (χ4n) is 6.83. The average Bonchev–Trinajstić information content (AvgIpc) is 2.76. The number of ether oxygens (including phenoxy) is 2. The van der Waals surface area contributed by atoms with E-state index in [9.17, 15) is 9.59 Å². The Kier molecular flexibility index (Phi) is 5.31. The number of hydrogen-bond acceptors (Lipinski definition) is 5. The molecule has 0 spiro atoms. The van der Waals surface area contributed by atoms with Crippen LogP contribution in [0.15, 0.2) is 30.3 Å². The molecule has 1 amide bonds. The second-order valence-corrected chi connectivity index (χ2v) is 9.86. The van der Waals surface area contributed by atoms with Crippen LogP contribution in [0.4, 0.5) is 0 Å². The van der Waals surface area contributed by atoms with Gasteiger partial charge in [0.25, 0.3) is 5.91 Å². The summed E-state index contributed by atoms with van der Waals surface area (Å²) in [6.07, 6.45) is 4.48. The van der Waals surface area contributed by atoms with Crippen molar-refractivity contribution < 1.29 is 19.1 Å². The van der Waals surface area contributed by atoms with Crippen molar-refractivity contribution in [3.8, 4) is 0 Å². The number of esters is 1. The summed E-state index contributed by atoms with van der Waals surface area (Å²) in [6.45, 7) is 2.89. The van der Waals surface area contributed by atoms with Gasteiger partial charge in [-0.1, -0.05) is 30.3 Å². The van der Waals surface area contributed by atoms with E-state index in [0.29, 0.717) is 30.9 Å². The molecule has 30 heavy (non-hydrogen) atoms. The highest BCUT2D eigenvalue weighted by Gasteiger charge is 2.59. The van der Waals surface area contributed by atoms with E-state index in [0.717, 1.165) is 45.2 Å². The van der Waals surface area contributed by atoms with Crippen LogP contribution < -0.4 is 5.32 Å². The van der Waals surface area contributed by atoms with Gasteiger partial charge < -0.3 is 14.8 Å². The predicted octanol–water partition coefficient (Wildman–Crippen LogP) is 2.37. The Balaban J connectivity index is 1.21. The second-order valence-electron chi connectivity index (χ2n) is 9.86. The van der Waals surface area contributed by atoms with Gasteiger partial charge in [-0.15, -0.1) is 0 Å². The topological polar surface area (TPSA) is 67.9 Å². The molecule has 2 unspecified atom stereocenters. The van der Waals surface area contributed by atoms with Crippen LogP contribution in [0.1, 0.15) is 37.7 Å². The highest BCUT2D eigenvalue weighted by molar-refractivity contribution is 5.82. The van der Waals surface area contributed by atoms with Crippen molar-refractivity contribution in [3.05, 3.63) is 35.9 Å². The van der Waals surface area contributed by atoms with Gasteiger partial charge in [0, 0.05) is 25.7 Å². The normalized spacial score (nSPS) is 37.7. The zero-order chi connectivity index (χ0) is 20.7. The smallest absolute Gasteiger partial charge is 0.311 e. The predicted molar refractivity (Wildman–Crippen MR) is 111 cm³/mol. The van der Waals surface area contributed by atoms with Crippen LogP contribution in [0, 0.1) is 23.2 Å². The van der Waals surface area contributed by atoms with Gasteiger partial charge in [0.15, 0.2) is 0 Å². The summed E-state index contributed by atoms with van der Waals surface area (Å²) in [4.78, 5) is 27.9. The van der Waals surface area contributed by atoms with Crippen LogP contribution in [-0.2, 0) is 25.6 Å². The van der Waals surface area contributed by atoms with Crippen molar-refractivity contribution in [1.82, 2.24) is 10.2 Å². The summed E-state index contributed by atoms with van der Waals surface area (Å²) in [5, 5.41) is 3.35. The molecule has 6 heteroatoms. The van der Waals surface area contributed by atoms with Gasteiger partial charge in [-0.3, -0.25) is 14.5 Å². The zero-order valence-corrected chi connectivity index (χ0v) is 17.7. The molecular weight excluding hydrogens is 380 g/mol. The first-order chi connectivity index (χ1) is 14.6. The number of hydrogen-bond donors (Lipinski definition) is 1. The molecule has 4 bridgehead atoms. The summed E-state index contributed by atoms with van der Waals surface area (Å²) in [5.74, 6) is 1.32. The highest BCUT2D eigenvalue weighted by atomic mass is 16.5. The first kappa shape index (κ1) is 20.0. The Hall–Kier alpha value is -1.92. The molecule has 0 radical (unpaired) electrons. The molecule has 4 aliphatic carbocycles. The number of amides is 1. The van der Waals surface area contributed by atoms with Crippen LogP contribution in [0.25, 0.3) is 0 Å². The van der Waals surface area contributed by atoms with Crippen molar-refractivity contribution in [2.24, 2.45) is 23.2 Å². The van der Waals surface area contributed by atoms with E-state index in [-0.39, 0.29) is 23.3 Å². The minimum atomic E-state index is -0.422. The molecule has 6 rings (SSSR count). The summed E-state index contributed by atoms with van der Waals surface area (Å²) >= 11 is 0. The molecule has 1 aromatic carbocycles. The maximum absolute atomic E-state index is 13.1. The highest BCUT2D eigenvalue weighted by Crippen LogP contribution is 2.60. The summed E-state index contributed by atoms with van der Waals surface area (Å²) in [7, 11) is 1.50. The Morgan fingerprint density at radius 1 is 1.17 bits per heavy atom. The van der Waals surface area contributed by atoms with E-state index in [1.54, 1.807) is 0 Å². The molecule has 1 heterocycles. The van der Waals surface area contributed by atoms with Gasteiger partial charge in [-0.25, -0.2) is 0 Å². The number of benzene rings is 1. The Morgan fingerprint density at radius 2 is 1.90 bits per heavy atom. The summed E-state index contributed by atoms with van der Waals surface area (Å²) < 4.78 is 11.0. The third-order valence-corrected chi connectivity index (χ3v) is 7.89. The monoisotopic (exact) mass is 412 g/mol. The lowest BCUT2D eigenvalue weighted by Gasteiger charge is -2.58. The van der Waals surface area contributed by atoms with Crippen molar-refractivity contribution in [2.75, 3.05) is 26.8 Å². The first-order valence-electron chi connectivity index (χ1n) is 11.3. The number of carbonyl (C=O) groups is 2. The van der Waals surface area contributed by atoms with E-state index >= 15 is 0 Å². The van der Waals surface area contributed by atoms with Crippen LogP contribution in [0.5, 0.6) is 0 Å². The molecule has 1 aromatic rings. The summed E-state index contributed by atoms with van der Waals surface area (Å²) in [6, 6.07) is 10.5.